The number of aromatic carboxylic acids is 1. The highest BCUT2D eigenvalue weighted by Crippen LogP contribution is 2.26. The van der Waals surface area contributed by atoms with Gasteiger partial charge in [0.05, 0.1) is 18.4 Å². The largest absolute Gasteiger partial charge is 0.495 e. The predicted octanol–water partition coefficient (Wildman–Crippen LogP) is 3.76. The van der Waals surface area contributed by atoms with Crippen LogP contribution in [0.5, 0.6) is 5.75 Å². The summed E-state index contributed by atoms with van der Waals surface area (Å²) in [7, 11) is 1.38. The molecule has 0 saturated carbocycles. The first-order valence-corrected chi connectivity index (χ1v) is 10.4. The van der Waals surface area contributed by atoms with E-state index >= 15 is 0 Å². The standard InChI is InChI=1S/C26H23N3O6/c1-16(30)27-20-11-8-17(9-12-20)14-22(29-24(31)18-6-4-3-5-7-18)25(32)28-21-15-19(26(33)34)10-13-23(21)35-2/h3-15H,1-2H3,(H,27,30)(H,28,32)(H,29,31)(H,33,34)/b22-14-. The summed E-state index contributed by atoms with van der Waals surface area (Å²) in [4.78, 5) is 48.6. The topological polar surface area (TPSA) is 134 Å². The number of anilines is 2. The Morgan fingerprint density at radius 2 is 1.54 bits per heavy atom. The molecule has 0 aromatic heterocycles. The fourth-order valence-electron chi connectivity index (χ4n) is 3.10. The molecule has 3 aromatic rings. The van der Waals surface area contributed by atoms with Crippen LogP contribution < -0.4 is 20.7 Å². The van der Waals surface area contributed by atoms with Crippen LogP contribution in [0.1, 0.15) is 33.2 Å². The van der Waals surface area contributed by atoms with Crippen LogP contribution in [-0.4, -0.2) is 35.9 Å². The van der Waals surface area contributed by atoms with Gasteiger partial charge >= 0.3 is 5.97 Å². The number of rotatable bonds is 8. The Morgan fingerprint density at radius 1 is 0.857 bits per heavy atom. The third-order valence-corrected chi connectivity index (χ3v) is 4.77. The smallest absolute Gasteiger partial charge is 0.335 e. The van der Waals surface area contributed by atoms with Gasteiger partial charge in [0.15, 0.2) is 0 Å². The summed E-state index contributed by atoms with van der Waals surface area (Å²) in [6, 6.07) is 19.0. The molecule has 4 N–H and O–H groups in total. The molecule has 35 heavy (non-hydrogen) atoms. The number of ether oxygens (including phenoxy) is 1. The van der Waals surface area contributed by atoms with Gasteiger partial charge in [0.2, 0.25) is 5.91 Å². The number of hydrogen-bond donors (Lipinski definition) is 4. The molecule has 0 unspecified atom stereocenters. The second-order valence-corrected chi connectivity index (χ2v) is 7.36. The number of benzene rings is 3. The van der Waals surface area contributed by atoms with Crippen molar-refractivity contribution < 1.29 is 29.0 Å². The molecule has 3 rings (SSSR count). The van der Waals surface area contributed by atoms with Crippen LogP contribution in [0.3, 0.4) is 0 Å². The molecule has 0 aliphatic carbocycles. The maximum absolute atomic E-state index is 13.2. The van der Waals surface area contributed by atoms with Crippen LogP contribution in [0.4, 0.5) is 11.4 Å². The van der Waals surface area contributed by atoms with E-state index < -0.39 is 17.8 Å². The van der Waals surface area contributed by atoms with Gasteiger partial charge in [-0.2, -0.15) is 0 Å². The lowest BCUT2D eigenvalue weighted by Crippen LogP contribution is -2.30. The Balaban J connectivity index is 1.94. The second kappa shape index (κ2) is 11.3. The first-order chi connectivity index (χ1) is 16.8. The van der Waals surface area contributed by atoms with Crippen LogP contribution >= 0.6 is 0 Å². The lowest BCUT2D eigenvalue weighted by Gasteiger charge is -2.14. The van der Waals surface area contributed by atoms with Crippen molar-refractivity contribution in [2.24, 2.45) is 0 Å². The molecule has 0 aliphatic rings. The number of amides is 3. The molecule has 3 amide bonds. The van der Waals surface area contributed by atoms with E-state index in [1.54, 1.807) is 54.6 Å². The zero-order valence-corrected chi connectivity index (χ0v) is 19.0. The van der Waals surface area contributed by atoms with E-state index in [-0.39, 0.29) is 28.6 Å². The summed E-state index contributed by atoms with van der Waals surface area (Å²) in [5.41, 5.74) is 1.48. The maximum atomic E-state index is 13.2. The molecular formula is C26H23N3O6. The molecule has 0 spiro atoms. The second-order valence-electron chi connectivity index (χ2n) is 7.36. The molecular weight excluding hydrogens is 450 g/mol. The fraction of sp³-hybridized carbons (Fsp3) is 0.0769. The van der Waals surface area contributed by atoms with Crippen LogP contribution in [-0.2, 0) is 9.59 Å². The fourth-order valence-corrected chi connectivity index (χ4v) is 3.10. The first-order valence-electron chi connectivity index (χ1n) is 10.4. The van der Waals surface area contributed by atoms with Crippen LogP contribution in [0, 0.1) is 0 Å². The Hall–Kier alpha value is -4.92. The number of nitrogens with one attached hydrogen (secondary N) is 3. The van der Waals surface area contributed by atoms with E-state index in [1.807, 2.05) is 0 Å². The van der Waals surface area contributed by atoms with Gasteiger partial charge in [0, 0.05) is 18.2 Å². The highest BCUT2D eigenvalue weighted by Gasteiger charge is 2.18. The minimum absolute atomic E-state index is 0.0477. The van der Waals surface area contributed by atoms with Gasteiger partial charge in [-0.05, 0) is 54.1 Å². The zero-order valence-electron chi connectivity index (χ0n) is 19.0. The average molecular weight is 473 g/mol. The molecule has 0 atom stereocenters. The molecule has 0 radical (unpaired) electrons. The van der Waals surface area contributed by atoms with E-state index in [4.69, 9.17) is 4.74 Å². The zero-order chi connectivity index (χ0) is 25.4. The maximum Gasteiger partial charge on any atom is 0.335 e. The number of methoxy groups -OCH3 is 1. The van der Waals surface area contributed by atoms with Crippen LogP contribution in [0.25, 0.3) is 6.08 Å². The van der Waals surface area contributed by atoms with Crippen LogP contribution in [0.2, 0.25) is 0 Å². The van der Waals surface area contributed by atoms with Crippen molar-refractivity contribution in [3.8, 4) is 5.75 Å². The van der Waals surface area contributed by atoms with Gasteiger partial charge in [0.25, 0.3) is 11.8 Å². The molecule has 0 heterocycles. The number of carbonyl (C=O) groups is 4. The van der Waals surface area contributed by atoms with Gasteiger partial charge in [-0.25, -0.2) is 4.79 Å². The Bertz CT molecular complexity index is 1280. The van der Waals surface area contributed by atoms with Gasteiger partial charge < -0.3 is 25.8 Å². The van der Waals surface area contributed by atoms with Crippen molar-refractivity contribution in [2.75, 3.05) is 17.7 Å². The number of hydrogen-bond acceptors (Lipinski definition) is 5. The third kappa shape index (κ3) is 6.78. The van der Waals surface area contributed by atoms with Crippen molar-refractivity contribution in [3.05, 3.63) is 95.2 Å². The SMILES string of the molecule is COc1ccc(C(=O)O)cc1NC(=O)/C(=C/c1ccc(NC(C)=O)cc1)NC(=O)c1ccccc1. The number of carbonyl (C=O) groups excluding carboxylic acids is 3. The molecule has 0 bridgehead atoms. The summed E-state index contributed by atoms with van der Waals surface area (Å²) < 4.78 is 5.23. The Labute approximate surface area is 201 Å². The average Bonchev–Trinajstić information content (AvgIpc) is 2.84. The summed E-state index contributed by atoms with van der Waals surface area (Å²) in [6.45, 7) is 1.39. The predicted molar refractivity (Wildman–Crippen MR) is 131 cm³/mol. The van der Waals surface area contributed by atoms with Crippen LogP contribution in [0.15, 0.2) is 78.5 Å². The Kier molecular flexibility index (Phi) is 7.97. The molecule has 0 aliphatic heterocycles. The molecule has 3 aromatic carbocycles. The summed E-state index contributed by atoms with van der Waals surface area (Å²) in [5.74, 6) is -2.34. The molecule has 9 nitrogen and oxygen atoms in total. The monoisotopic (exact) mass is 473 g/mol. The summed E-state index contributed by atoms with van der Waals surface area (Å²) in [6.07, 6.45) is 1.46. The van der Waals surface area contributed by atoms with E-state index in [0.29, 0.717) is 16.8 Å². The minimum Gasteiger partial charge on any atom is -0.495 e. The van der Waals surface area contributed by atoms with Crippen molar-refractivity contribution >= 4 is 41.1 Å². The molecule has 178 valence electrons. The lowest BCUT2D eigenvalue weighted by molar-refractivity contribution is -0.114. The molecule has 0 saturated heterocycles. The normalized spacial score (nSPS) is 10.7. The quantitative estimate of drug-likeness (QED) is 0.368. The van der Waals surface area contributed by atoms with E-state index in [0.717, 1.165) is 0 Å². The molecule has 9 heteroatoms. The lowest BCUT2D eigenvalue weighted by atomic mass is 10.1. The molecule has 0 fully saturated rings. The highest BCUT2D eigenvalue weighted by molar-refractivity contribution is 6.11. The summed E-state index contributed by atoms with van der Waals surface area (Å²) >= 11 is 0. The van der Waals surface area contributed by atoms with E-state index in [9.17, 15) is 24.3 Å². The Morgan fingerprint density at radius 3 is 2.14 bits per heavy atom. The van der Waals surface area contributed by atoms with Gasteiger partial charge in [0.1, 0.15) is 11.4 Å². The van der Waals surface area contributed by atoms with Crippen molar-refractivity contribution in [1.29, 1.82) is 0 Å². The van der Waals surface area contributed by atoms with E-state index in [1.165, 1.54) is 38.3 Å². The van der Waals surface area contributed by atoms with Crippen molar-refractivity contribution in [3.63, 3.8) is 0 Å². The number of carboxylic acids is 1. The van der Waals surface area contributed by atoms with Crippen molar-refractivity contribution in [2.45, 2.75) is 6.92 Å². The van der Waals surface area contributed by atoms with Crippen molar-refractivity contribution in [1.82, 2.24) is 5.32 Å². The highest BCUT2D eigenvalue weighted by atomic mass is 16.5. The van der Waals surface area contributed by atoms with E-state index in [2.05, 4.69) is 16.0 Å². The third-order valence-electron chi connectivity index (χ3n) is 4.77. The van der Waals surface area contributed by atoms with Gasteiger partial charge in [-0.15, -0.1) is 0 Å². The minimum atomic E-state index is -1.17. The van der Waals surface area contributed by atoms with Gasteiger partial charge in [-0.3, -0.25) is 14.4 Å². The number of carboxylic acid groups (broad SMARTS) is 1. The van der Waals surface area contributed by atoms with Gasteiger partial charge in [-0.1, -0.05) is 30.3 Å². The summed E-state index contributed by atoms with van der Waals surface area (Å²) in [5, 5.41) is 17.1. The first kappa shape index (κ1) is 24.7.